The summed E-state index contributed by atoms with van der Waals surface area (Å²) in [4.78, 5) is 0. The van der Waals surface area contributed by atoms with Gasteiger partial charge in [-0.15, -0.1) is 0 Å². The molecule has 0 bridgehead atoms. The largest absolute Gasteiger partial charge is 0.494 e. The van der Waals surface area contributed by atoms with Gasteiger partial charge in [-0.25, -0.2) is 17.6 Å². The van der Waals surface area contributed by atoms with Crippen LogP contribution in [0.3, 0.4) is 0 Å². The Morgan fingerprint density at radius 2 is 1.29 bits per heavy atom. The van der Waals surface area contributed by atoms with Crippen LogP contribution in [-0.4, -0.2) is 6.61 Å². The van der Waals surface area contributed by atoms with Crippen LogP contribution >= 0.6 is 0 Å². The predicted octanol–water partition coefficient (Wildman–Crippen LogP) is 6.98. The lowest BCUT2D eigenvalue weighted by atomic mass is 10.1. The summed E-state index contributed by atoms with van der Waals surface area (Å²) >= 11 is 0. The lowest BCUT2D eigenvalue weighted by Crippen LogP contribution is -1.96. The van der Waals surface area contributed by atoms with Crippen molar-refractivity contribution in [2.24, 2.45) is 0 Å². The molecule has 168 valence electrons. The van der Waals surface area contributed by atoms with E-state index in [9.17, 15) is 17.6 Å². The summed E-state index contributed by atoms with van der Waals surface area (Å²) in [7, 11) is 0. The van der Waals surface area contributed by atoms with Crippen molar-refractivity contribution in [3.05, 3.63) is 112 Å². The van der Waals surface area contributed by atoms with Gasteiger partial charge in [-0.2, -0.15) is 0 Å². The highest BCUT2D eigenvalue weighted by atomic mass is 19.2. The lowest BCUT2D eigenvalue weighted by molar-refractivity contribution is 0.315. The lowest BCUT2D eigenvalue weighted by Gasteiger charge is -2.04. The van der Waals surface area contributed by atoms with E-state index in [1.165, 1.54) is 18.2 Å². The first-order valence-corrected chi connectivity index (χ1v) is 10.6. The minimum Gasteiger partial charge on any atom is -0.494 e. The second-order valence-corrected chi connectivity index (χ2v) is 7.49. The van der Waals surface area contributed by atoms with Crippen LogP contribution in [0.2, 0.25) is 0 Å². The zero-order valence-electron chi connectivity index (χ0n) is 18.2. The molecule has 0 aliphatic carbocycles. The fourth-order valence-electron chi connectivity index (χ4n) is 3.21. The third-order valence-corrected chi connectivity index (χ3v) is 4.96. The molecule has 0 amide bonds. The molecule has 0 atom stereocenters. The second-order valence-electron chi connectivity index (χ2n) is 7.49. The van der Waals surface area contributed by atoms with Gasteiger partial charge in [-0.1, -0.05) is 36.7 Å². The number of ether oxygens (including phenoxy) is 1. The van der Waals surface area contributed by atoms with E-state index in [2.05, 4.69) is 23.7 Å². The Kier molecular flexibility index (Phi) is 6.85. The van der Waals surface area contributed by atoms with E-state index in [0.29, 0.717) is 29.0 Å². The minimum atomic E-state index is -1.49. The van der Waals surface area contributed by atoms with E-state index in [4.69, 9.17) is 4.74 Å². The summed E-state index contributed by atoms with van der Waals surface area (Å²) in [6.45, 7) is 2.50. The maximum atomic E-state index is 14.2. The zero-order valence-corrected chi connectivity index (χ0v) is 18.2. The van der Waals surface area contributed by atoms with Crippen LogP contribution in [-0.2, 0) is 0 Å². The molecular formula is C29H18F4O. The van der Waals surface area contributed by atoms with Crippen molar-refractivity contribution in [1.29, 1.82) is 0 Å². The van der Waals surface area contributed by atoms with E-state index in [-0.39, 0.29) is 16.3 Å². The molecule has 0 aliphatic heterocycles. The van der Waals surface area contributed by atoms with Gasteiger partial charge in [0.15, 0.2) is 17.5 Å². The summed E-state index contributed by atoms with van der Waals surface area (Å²) in [5.41, 5.74) is 2.20. The van der Waals surface area contributed by atoms with Crippen LogP contribution in [0.4, 0.5) is 17.6 Å². The molecule has 0 heterocycles. The van der Waals surface area contributed by atoms with Crippen LogP contribution in [0.25, 0.3) is 10.8 Å². The standard InChI is InChI=1S/C29H18F4O/c1-2-15-34-24-13-12-22(26(30)18-24)11-9-20-5-3-19(4-6-20)7-8-21-10-14-25-23(16-21)17-27(31)29(33)28(25)32/h3-6,10,12-14,16-18H,2,15H2,1H3. The van der Waals surface area contributed by atoms with Crippen LogP contribution in [0.5, 0.6) is 5.75 Å². The number of hydrogen-bond donors (Lipinski definition) is 0. The molecule has 0 N–H and O–H groups in total. The summed E-state index contributed by atoms with van der Waals surface area (Å²) < 4.78 is 60.3. The number of benzene rings is 4. The molecule has 4 rings (SSSR count). The average molecular weight is 458 g/mol. The number of fused-ring (bicyclic) bond motifs is 1. The molecule has 0 aromatic heterocycles. The second kappa shape index (κ2) is 10.1. The Balaban J connectivity index is 1.49. The Hall–Kier alpha value is -4.22. The first kappa shape index (κ1) is 23.0. The number of halogens is 4. The highest BCUT2D eigenvalue weighted by Crippen LogP contribution is 2.24. The SMILES string of the molecule is CCCOc1ccc(C#Cc2ccc(C#Cc3ccc4c(F)c(F)c(F)cc4c3)cc2)c(F)c1. The van der Waals surface area contributed by atoms with Crippen molar-refractivity contribution < 1.29 is 22.3 Å². The Labute approximate surface area is 195 Å². The molecular weight excluding hydrogens is 440 g/mol. The smallest absolute Gasteiger partial charge is 0.195 e. The van der Waals surface area contributed by atoms with Gasteiger partial charge in [0.2, 0.25) is 0 Å². The highest BCUT2D eigenvalue weighted by molar-refractivity contribution is 5.84. The van der Waals surface area contributed by atoms with Crippen molar-refractivity contribution in [2.45, 2.75) is 13.3 Å². The molecule has 0 saturated heterocycles. The fourth-order valence-corrected chi connectivity index (χ4v) is 3.21. The Morgan fingerprint density at radius 1 is 0.647 bits per heavy atom. The van der Waals surface area contributed by atoms with Crippen LogP contribution in [0, 0.1) is 47.0 Å². The average Bonchev–Trinajstić information content (AvgIpc) is 2.85. The predicted molar refractivity (Wildman–Crippen MR) is 124 cm³/mol. The molecule has 0 saturated carbocycles. The van der Waals surface area contributed by atoms with Gasteiger partial charge in [0, 0.05) is 28.1 Å². The number of hydrogen-bond acceptors (Lipinski definition) is 1. The van der Waals surface area contributed by atoms with E-state index in [0.717, 1.165) is 12.5 Å². The fraction of sp³-hybridized carbons (Fsp3) is 0.103. The maximum Gasteiger partial charge on any atom is 0.195 e. The van der Waals surface area contributed by atoms with Gasteiger partial charge in [0.05, 0.1) is 12.2 Å². The van der Waals surface area contributed by atoms with Gasteiger partial charge >= 0.3 is 0 Å². The topological polar surface area (TPSA) is 9.23 Å². The first-order chi connectivity index (χ1) is 16.4. The monoisotopic (exact) mass is 458 g/mol. The van der Waals surface area contributed by atoms with Crippen molar-refractivity contribution in [2.75, 3.05) is 6.61 Å². The van der Waals surface area contributed by atoms with E-state index < -0.39 is 23.3 Å². The zero-order chi connectivity index (χ0) is 24.1. The van der Waals surface area contributed by atoms with Crippen molar-refractivity contribution in [3.63, 3.8) is 0 Å². The molecule has 0 radical (unpaired) electrons. The molecule has 0 aliphatic rings. The minimum absolute atomic E-state index is 0.00746. The van der Waals surface area contributed by atoms with Crippen LogP contribution < -0.4 is 4.74 Å². The Morgan fingerprint density at radius 3 is 1.97 bits per heavy atom. The molecule has 34 heavy (non-hydrogen) atoms. The normalized spacial score (nSPS) is 10.3. The van der Waals surface area contributed by atoms with Crippen molar-refractivity contribution in [1.82, 2.24) is 0 Å². The highest BCUT2D eigenvalue weighted by Gasteiger charge is 2.13. The third-order valence-electron chi connectivity index (χ3n) is 4.96. The van der Waals surface area contributed by atoms with Gasteiger partial charge in [-0.05, 0) is 66.4 Å². The maximum absolute atomic E-state index is 14.2. The van der Waals surface area contributed by atoms with Crippen molar-refractivity contribution >= 4 is 10.8 Å². The summed E-state index contributed by atoms with van der Waals surface area (Å²) in [6.07, 6.45) is 0.840. The van der Waals surface area contributed by atoms with Crippen molar-refractivity contribution in [3.8, 4) is 29.4 Å². The quantitative estimate of drug-likeness (QED) is 0.183. The van der Waals surface area contributed by atoms with E-state index >= 15 is 0 Å². The third kappa shape index (κ3) is 5.22. The van der Waals surface area contributed by atoms with Gasteiger partial charge in [0.25, 0.3) is 0 Å². The first-order valence-electron chi connectivity index (χ1n) is 10.6. The van der Waals surface area contributed by atoms with Gasteiger partial charge in [0.1, 0.15) is 11.6 Å². The molecule has 0 unspecified atom stereocenters. The molecule has 5 heteroatoms. The van der Waals surface area contributed by atoms with Gasteiger partial charge < -0.3 is 4.74 Å². The van der Waals surface area contributed by atoms with Gasteiger partial charge in [-0.3, -0.25) is 0 Å². The molecule has 1 nitrogen and oxygen atoms in total. The summed E-state index contributed by atoms with van der Waals surface area (Å²) in [6, 6.07) is 17.0. The summed E-state index contributed by atoms with van der Waals surface area (Å²) in [5.74, 6) is 7.71. The van der Waals surface area contributed by atoms with Crippen LogP contribution in [0.1, 0.15) is 35.6 Å². The molecule has 4 aromatic rings. The van der Waals surface area contributed by atoms with E-state index in [1.807, 2.05) is 6.92 Å². The Bertz CT molecular complexity index is 1480. The number of rotatable bonds is 3. The molecule has 0 spiro atoms. The summed E-state index contributed by atoms with van der Waals surface area (Å²) in [5, 5.41) is 0.220. The molecule has 0 fully saturated rings. The van der Waals surface area contributed by atoms with Crippen LogP contribution in [0.15, 0.2) is 66.7 Å². The van der Waals surface area contributed by atoms with E-state index in [1.54, 1.807) is 42.5 Å². The molecule has 4 aromatic carbocycles.